The molecule has 2 aromatic rings. The van der Waals surface area contributed by atoms with Crippen LogP contribution in [-0.2, 0) is 0 Å². The smallest absolute Gasteiger partial charge is 0.0162 e. The van der Waals surface area contributed by atoms with Crippen molar-refractivity contribution < 1.29 is 0 Å². The summed E-state index contributed by atoms with van der Waals surface area (Å²) >= 11 is 0. The molecule has 94 valence electrons. The minimum absolute atomic E-state index is 0.810. The highest BCUT2D eigenvalue weighted by Gasteiger charge is 2.15. The highest BCUT2D eigenvalue weighted by Crippen LogP contribution is 2.34. The molecule has 0 saturated heterocycles. The molecule has 1 fully saturated rings. The number of hydrogen-bond donors (Lipinski definition) is 0. The summed E-state index contributed by atoms with van der Waals surface area (Å²) in [5.41, 5.74) is 4.36. The van der Waals surface area contributed by atoms with Crippen LogP contribution in [0.2, 0.25) is 0 Å². The fraction of sp³-hybridized carbons (Fsp3) is 0.444. The zero-order valence-corrected chi connectivity index (χ0v) is 11.5. The predicted octanol–water partition coefficient (Wildman–Crippen LogP) is 5.50. The molecule has 0 atom stereocenters. The molecule has 0 aliphatic heterocycles. The minimum Gasteiger partial charge on any atom is -0.0581 e. The van der Waals surface area contributed by atoms with Crippen molar-refractivity contribution in [2.24, 2.45) is 0 Å². The van der Waals surface area contributed by atoms with Gasteiger partial charge >= 0.3 is 0 Å². The van der Waals surface area contributed by atoms with Crippen LogP contribution in [0.3, 0.4) is 0 Å². The van der Waals surface area contributed by atoms with Gasteiger partial charge in [-0.1, -0.05) is 49.6 Å². The molecule has 0 amide bonds. The van der Waals surface area contributed by atoms with Crippen molar-refractivity contribution in [3.63, 3.8) is 0 Å². The van der Waals surface area contributed by atoms with E-state index in [1.165, 1.54) is 54.0 Å². The fourth-order valence-corrected chi connectivity index (χ4v) is 3.23. The average Bonchev–Trinajstić information content (AvgIpc) is 2.41. The third kappa shape index (κ3) is 2.16. The maximum Gasteiger partial charge on any atom is -0.0162 e. The van der Waals surface area contributed by atoms with Crippen molar-refractivity contribution >= 4 is 10.8 Å². The number of hydrogen-bond acceptors (Lipinski definition) is 0. The second-order valence-corrected chi connectivity index (χ2v) is 5.88. The first-order valence-corrected chi connectivity index (χ1v) is 7.25. The monoisotopic (exact) mass is 238 g/mol. The summed E-state index contributed by atoms with van der Waals surface area (Å²) < 4.78 is 0. The molecule has 1 saturated carbocycles. The Balaban J connectivity index is 2.02. The number of aryl methyl sites for hydroxylation is 2. The summed E-state index contributed by atoms with van der Waals surface area (Å²) in [5.74, 6) is 0.810. The average molecular weight is 238 g/mol. The molecule has 0 unspecified atom stereocenters. The molecule has 0 bridgehead atoms. The van der Waals surface area contributed by atoms with E-state index in [4.69, 9.17) is 0 Å². The Morgan fingerprint density at radius 2 is 1.44 bits per heavy atom. The van der Waals surface area contributed by atoms with E-state index < -0.39 is 0 Å². The molecule has 0 heteroatoms. The quantitative estimate of drug-likeness (QED) is 0.615. The van der Waals surface area contributed by atoms with Gasteiger partial charge in [-0.2, -0.15) is 0 Å². The molecule has 1 aliphatic carbocycles. The lowest BCUT2D eigenvalue weighted by Crippen LogP contribution is -2.04. The van der Waals surface area contributed by atoms with Crippen LogP contribution in [-0.4, -0.2) is 0 Å². The van der Waals surface area contributed by atoms with E-state index in [2.05, 4.69) is 44.2 Å². The molecule has 0 nitrogen and oxygen atoms in total. The third-order valence-electron chi connectivity index (χ3n) is 4.55. The first-order chi connectivity index (χ1) is 8.74. The molecule has 0 spiro atoms. The standard InChI is InChI=1S/C18H22/c1-13-10-16-8-9-17(12-18(16)11-14(13)2)15-6-4-3-5-7-15/h8-12,15H,3-7H2,1-2H3. The largest absolute Gasteiger partial charge is 0.0581 e. The van der Waals surface area contributed by atoms with E-state index in [9.17, 15) is 0 Å². The maximum atomic E-state index is 2.43. The summed E-state index contributed by atoms with van der Waals surface area (Å²) in [7, 11) is 0. The molecule has 3 rings (SSSR count). The Kier molecular flexibility index (Phi) is 3.11. The van der Waals surface area contributed by atoms with Crippen molar-refractivity contribution in [2.45, 2.75) is 51.9 Å². The van der Waals surface area contributed by atoms with Gasteiger partial charge in [-0.3, -0.25) is 0 Å². The van der Waals surface area contributed by atoms with Crippen LogP contribution in [0.25, 0.3) is 10.8 Å². The van der Waals surface area contributed by atoms with Crippen molar-refractivity contribution in [3.8, 4) is 0 Å². The molecule has 0 heterocycles. The van der Waals surface area contributed by atoms with Gasteiger partial charge in [0.05, 0.1) is 0 Å². The minimum atomic E-state index is 0.810. The van der Waals surface area contributed by atoms with Gasteiger partial charge in [0, 0.05) is 0 Å². The van der Waals surface area contributed by atoms with Crippen LogP contribution < -0.4 is 0 Å². The van der Waals surface area contributed by atoms with Crippen LogP contribution in [0, 0.1) is 13.8 Å². The molecule has 2 aromatic carbocycles. The predicted molar refractivity (Wildman–Crippen MR) is 79.2 cm³/mol. The van der Waals surface area contributed by atoms with Gasteiger partial charge in [0.2, 0.25) is 0 Å². The highest BCUT2D eigenvalue weighted by atomic mass is 14.2. The van der Waals surface area contributed by atoms with Crippen molar-refractivity contribution in [1.82, 2.24) is 0 Å². The van der Waals surface area contributed by atoms with Gasteiger partial charge in [-0.25, -0.2) is 0 Å². The Labute approximate surface area is 110 Å². The van der Waals surface area contributed by atoms with Gasteiger partial charge in [-0.05, 0) is 60.1 Å². The van der Waals surface area contributed by atoms with Crippen LogP contribution in [0.15, 0.2) is 30.3 Å². The van der Waals surface area contributed by atoms with Crippen LogP contribution in [0.1, 0.15) is 54.7 Å². The second kappa shape index (κ2) is 4.76. The van der Waals surface area contributed by atoms with Gasteiger partial charge in [0.15, 0.2) is 0 Å². The fourth-order valence-electron chi connectivity index (χ4n) is 3.23. The Hall–Kier alpha value is -1.30. The normalized spacial score (nSPS) is 17.2. The molecular weight excluding hydrogens is 216 g/mol. The maximum absolute atomic E-state index is 2.43. The summed E-state index contributed by atoms with van der Waals surface area (Å²) in [6, 6.07) is 11.8. The SMILES string of the molecule is Cc1cc2ccc(C3CCCCC3)cc2cc1C. The summed E-state index contributed by atoms with van der Waals surface area (Å²) in [6.07, 6.45) is 7.03. The van der Waals surface area contributed by atoms with Crippen molar-refractivity contribution in [3.05, 3.63) is 47.0 Å². The summed E-state index contributed by atoms with van der Waals surface area (Å²) in [6.45, 7) is 4.41. The Bertz CT molecular complexity index is 560. The zero-order chi connectivity index (χ0) is 12.5. The van der Waals surface area contributed by atoms with Gasteiger partial charge in [0.1, 0.15) is 0 Å². The van der Waals surface area contributed by atoms with E-state index in [0.29, 0.717) is 0 Å². The Morgan fingerprint density at radius 1 is 0.778 bits per heavy atom. The van der Waals surface area contributed by atoms with Gasteiger partial charge < -0.3 is 0 Å². The molecule has 18 heavy (non-hydrogen) atoms. The number of fused-ring (bicyclic) bond motifs is 1. The lowest BCUT2D eigenvalue weighted by molar-refractivity contribution is 0.444. The van der Waals surface area contributed by atoms with Gasteiger partial charge in [-0.15, -0.1) is 0 Å². The molecular formula is C18H22. The first-order valence-electron chi connectivity index (χ1n) is 7.25. The topological polar surface area (TPSA) is 0 Å². The van der Waals surface area contributed by atoms with E-state index in [1.807, 2.05) is 0 Å². The lowest BCUT2D eigenvalue weighted by Gasteiger charge is -2.22. The number of rotatable bonds is 1. The lowest BCUT2D eigenvalue weighted by atomic mass is 9.83. The zero-order valence-electron chi connectivity index (χ0n) is 11.5. The summed E-state index contributed by atoms with van der Waals surface area (Å²) in [5, 5.41) is 2.80. The van der Waals surface area contributed by atoms with Crippen molar-refractivity contribution in [1.29, 1.82) is 0 Å². The van der Waals surface area contributed by atoms with E-state index in [-0.39, 0.29) is 0 Å². The Morgan fingerprint density at radius 3 is 2.17 bits per heavy atom. The molecule has 0 aromatic heterocycles. The highest BCUT2D eigenvalue weighted by molar-refractivity contribution is 5.84. The molecule has 0 N–H and O–H groups in total. The van der Waals surface area contributed by atoms with Gasteiger partial charge in [0.25, 0.3) is 0 Å². The first kappa shape index (κ1) is 11.8. The van der Waals surface area contributed by atoms with E-state index in [0.717, 1.165) is 5.92 Å². The molecule has 0 radical (unpaired) electrons. The van der Waals surface area contributed by atoms with Crippen LogP contribution >= 0.6 is 0 Å². The van der Waals surface area contributed by atoms with E-state index >= 15 is 0 Å². The second-order valence-electron chi connectivity index (χ2n) is 5.88. The molecule has 1 aliphatic rings. The third-order valence-corrected chi connectivity index (χ3v) is 4.55. The van der Waals surface area contributed by atoms with Crippen LogP contribution in [0.5, 0.6) is 0 Å². The van der Waals surface area contributed by atoms with Crippen LogP contribution in [0.4, 0.5) is 0 Å². The summed E-state index contributed by atoms with van der Waals surface area (Å²) in [4.78, 5) is 0. The van der Waals surface area contributed by atoms with E-state index in [1.54, 1.807) is 5.56 Å². The van der Waals surface area contributed by atoms with Crippen molar-refractivity contribution in [2.75, 3.05) is 0 Å². The number of benzene rings is 2.